The van der Waals surface area contributed by atoms with Crippen LogP contribution in [0.4, 0.5) is 0 Å². The molecular weight excluding hydrogens is 360 g/mol. The quantitative estimate of drug-likeness (QED) is 0.650. The number of nitrogens with zero attached hydrogens (tertiary/aromatic N) is 6. The molecule has 0 aromatic carbocycles. The predicted octanol–water partition coefficient (Wildman–Crippen LogP) is 2.48. The molecule has 3 aromatic rings. The second-order valence-electron chi connectivity index (χ2n) is 7.41. The molecule has 0 saturated carbocycles. The first-order valence-electron chi connectivity index (χ1n) is 9.38. The van der Waals surface area contributed by atoms with Crippen LogP contribution in [0.5, 0.6) is 0 Å². The molecule has 1 unspecified atom stereocenters. The van der Waals surface area contributed by atoms with Crippen molar-refractivity contribution in [3.63, 3.8) is 0 Å². The van der Waals surface area contributed by atoms with Crippen molar-refractivity contribution in [2.24, 2.45) is 5.92 Å². The summed E-state index contributed by atoms with van der Waals surface area (Å²) in [5.74, 6) is 1.44. The Morgan fingerprint density at radius 1 is 1.37 bits per heavy atom. The fourth-order valence-electron chi connectivity index (χ4n) is 3.85. The van der Waals surface area contributed by atoms with Crippen LogP contribution in [0.25, 0.3) is 5.78 Å². The first-order valence-corrected chi connectivity index (χ1v) is 10.2. The third kappa shape index (κ3) is 4.39. The Kier molecular flexibility index (Phi) is 5.27. The Balaban J connectivity index is 1.41. The standard InChI is InChI=1S/C19H24N6OS/c1-13-6-16(25-19(23-13)21-12-22-25)8-15-4-3-5-24(10-15)11-17-9-20-18(27-17)7-14(2)26/h6,9,12,15H,3-5,7-8,10-11H2,1-2H3. The molecule has 1 atom stereocenters. The molecular formula is C19H24N6OS. The Labute approximate surface area is 162 Å². The largest absolute Gasteiger partial charge is 0.300 e. The van der Waals surface area contributed by atoms with Crippen molar-refractivity contribution in [3.05, 3.63) is 39.9 Å². The van der Waals surface area contributed by atoms with Crippen molar-refractivity contribution in [2.75, 3.05) is 13.1 Å². The average molecular weight is 385 g/mol. The van der Waals surface area contributed by atoms with E-state index in [9.17, 15) is 4.79 Å². The van der Waals surface area contributed by atoms with Crippen LogP contribution in [0, 0.1) is 12.8 Å². The minimum absolute atomic E-state index is 0.168. The van der Waals surface area contributed by atoms with Crippen molar-refractivity contribution in [1.29, 1.82) is 0 Å². The normalized spacial score (nSPS) is 18.2. The molecule has 27 heavy (non-hydrogen) atoms. The molecule has 1 fully saturated rings. The minimum atomic E-state index is 0.168. The average Bonchev–Trinajstić information content (AvgIpc) is 3.24. The summed E-state index contributed by atoms with van der Waals surface area (Å²) in [5.41, 5.74) is 2.17. The number of Topliss-reactive ketones (excluding diaryl/α,β-unsaturated/α-hetero) is 1. The molecule has 0 radical (unpaired) electrons. The monoisotopic (exact) mass is 384 g/mol. The molecule has 1 saturated heterocycles. The highest BCUT2D eigenvalue weighted by Gasteiger charge is 2.22. The molecule has 4 rings (SSSR count). The Bertz CT molecular complexity index is 949. The Morgan fingerprint density at radius 3 is 3.11 bits per heavy atom. The zero-order valence-electron chi connectivity index (χ0n) is 15.8. The zero-order chi connectivity index (χ0) is 18.8. The fraction of sp³-hybridized carbons (Fsp3) is 0.526. The maximum absolute atomic E-state index is 11.3. The molecule has 0 spiro atoms. The summed E-state index contributed by atoms with van der Waals surface area (Å²) < 4.78 is 1.86. The summed E-state index contributed by atoms with van der Waals surface area (Å²) in [5, 5.41) is 5.26. The van der Waals surface area contributed by atoms with Gasteiger partial charge >= 0.3 is 0 Å². The third-order valence-electron chi connectivity index (χ3n) is 4.94. The van der Waals surface area contributed by atoms with Gasteiger partial charge in [-0.1, -0.05) is 0 Å². The van der Waals surface area contributed by atoms with Gasteiger partial charge in [0.15, 0.2) is 0 Å². The number of aryl methyl sites for hydroxylation is 1. The number of hydrogen-bond acceptors (Lipinski definition) is 7. The topological polar surface area (TPSA) is 76.3 Å². The first-order chi connectivity index (χ1) is 13.1. The van der Waals surface area contributed by atoms with Crippen LogP contribution in [0.3, 0.4) is 0 Å². The third-order valence-corrected chi connectivity index (χ3v) is 5.92. The van der Waals surface area contributed by atoms with Gasteiger partial charge in [0.25, 0.3) is 5.78 Å². The lowest BCUT2D eigenvalue weighted by Gasteiger charge is -2.32. The van der Waals surface area contributed by atoms with Crippen LogP contribution in [0.2, 0.25) is 0 Å². The second kappa shape index (κ2) is 7.82. The van der Waals surface area contributed by atoms with Gasteiger partial charge in [-0.25, -0.2) is 14.5 Å². The number of hydrogen-bond donors (Lipinski definition) is 0. The van der Waals surface area contributed by atoms with Crippen LogP contribution < -0.4 is 0 Å². The van der Waals surface area contributed by atoms with Gasteiger partial charge in [-0.05, 0) is 51.6 Å². The highest BCUT2D eigenvalue weighted by atomic mass is 32.1. The van der Waals surface area contributed by atoms with E-state index < -0.39 is 0 Å². The lowest BCUT2D eigenvalue weighted by atomic mass is 9.93. The van der Waals surface area contributed by atoms with Crippen LogP contribution in [-0.4, -0.2) is 48.3 Å². The fourth-order valence-corrected chi connectivity index (χ4v) is 4.88. The van der Waals surface area contributed by atoms with Crippen molar-refractivity contribution in [3.8, 4) is 0 Å². The van der Waals surface area contributed by atoms with Gasteiger partial charge in [0.2, 0.25) is 0 Å². The summed E-state index contributed by atoms with van der Waals surface area (Å²) in [6.07, 6.45) is 7.36. The maximum Gasteiger partial charge on any atom is 0.252 e. The number of aromatic nitrogens is 5. The number of carbonyl (C=O) groups excluding carboxylic acids is 1. The highest BCUT2D eigenvalue weighted by molar-refractivity contribution is 7.11. The van der Waals surface area contributed by atoms with Gasteiger partial charge in [0, 0.05) is 35.6 Å². The molecule has 8 heteroatoms. The molecule has 1 aliphatic heterocycles. The van der Waals surface area contributed by atoms with E-state index in [1.54, 1.807) is 24.6 Å². The summed E-state index contributed by atoms with van der Waals surface area (Å²) >= 11 is 1.66. The Hall–Kier alpha value is -2.19. The van der Waals surface area contributed by atoms with Gasteiger partial charge in [-0.2, -0.15) is 10.1 Å². The molecule has 3 aromatic heterocycles. The van der Waals surface area contributed by atoms with Gasteiger partial charge in [0.1, 0.15) is 17.1 Å². The SMILES string of the molecule is CC(=O)Cc1ncc(CN2CCCC(Cc3cc(C)nc4ncnn34)C2)s1. The van der Waals surface area contributed by atoms with E-state index >= 15 is 0 Å². The maximum atomic E-state index is 11.3. The van der Waals surface area contributed by atoms with Gasteiger partial charge in [-0.15, -0.1) is 11.3 Å². The number of fused-ring (bicyclic) bond motifs is 1. The highest BCUT2D eigenvalue weighted by Crippen LogP contribution is 2.24. The van der Waals surface area contributed by atoms with E-state index in [-0.39, 0.29) is 5.78 Å². The summed E-state index contributed by atoms with van der Waals surface area (Å²) in [4.78, 5) is 28.1. The summed E-state index contributed by atoms with van der Waals surface area (Å²) in [6.45, 7) is 6.72. The minimum Gasteiger partial charge on any atom is -0.300 e. The first kappa shape index (κ1) is 18.2. The van der Waals surface area contributed by atoms with Crippen molar-refractivity contribution < 1.29 is 4.79 Å². The number of thiazole rings is 1. The van der Waals surface area contributed by atoms with E-state index in [0.717, 1.165) is 36.8 Å². The lowest BCUT2D eigenvalue weighted by Crippen LogP contribution is -2.35. The Morgan fingerprint density at radius 2 is 2.26 bits per heavy atom. The van der Waals surface area contributed by atoms with Crippen LogP contribution in [0.1, 0.15) is 41.0 Å². The van der Waals surface area contributed by atoms with Crippen LogP contribution in [-0.2, 0) is 24.2 Å². The lowest BCUT2D eigenvalue weighted by molar-refractivity contribution is -0.116. The van der Waals surface area contributed by atoms with Crippen LogP contribution in [0.15, 0.2) is 18.6 Å². The smallest absolute Gasteiger partial charge is 0.252 e. The number of likely N-dealkylation sites (tertiary alicyclic amines) is 1. The molecule has 0 aliphatic carbocycles. The predicted molar refractivity (Wildman–Crippen MR) is 104 cm³/mol. The molecule has 0 bridgehead atoms. The van der Waals surface area contributed by atoms with E-state index in [1.165, 1.54) is 23.4 Å². The van der Waals surface area contributed by atoms with E-state index in [4.69, 9.17) is 0 Å². The van der Waals surface area contributed by atoms with Crippen molar-refractivity contribution in [1.82, 2.24) is 29.5 Å². The van der Waals surface area contributed by atoms with E-state index in [2.05, 4.69) is 31.0 Å². The summed E-state index contributed by atoms with van der Waals surface area (Å²) in [6, 6.07) is 2.12. The van der Waals surface area contributed by atoms with Gasteiger partial charge in [-0.3, -0.25) is 9.69 Å². The molecule has 4 heterocycles. The van der Waals surface area contributed by atoms with Gasteiger partial charge in [0.05, 0.1) is 6.42 Å². The molecule has 0 N–H and O–H groups in total. The number of rotatable bonds is 6. The van der Waals surface area contributed by atoms with Crippen molar-refractivity contribution >= 4 is 22.9 Å². The van der Waals surface area contributed by atoms with Crippen LogP contribution >= 0.6 is 11.3 Å². The number of ketones is 1. The molecule has 1 aliphatic rings. The number of carbonyl (C=O) groups is 1. The van der Waals surface area contributed by atoms with E-state index in [1.807, 2.05) is 17.6 Å². The van der Waals surface area contributed by atoms with Crippen molar-refractivity contribution in [2.45, 2.75) is 46.1 Å². The molecule has 0 amide bonds. The zero-order valence-corrected chi connectivity index (χ0v) is 16.6. The second-order valence-corrected chi connectivity index (χ2v) is 8.61. The van der Waals surface area contributed by atoms with Gasteiger partial charge < -0.3 is 0 Å². The van der Waals surface area contributed by atoms with E-state index in [0.29, 0.717) is 18.1 Å². The molecule has 7 nitrogen and oxygen atoms in total. The summed E-state index contributed by atoms with van der Waals surface area (Å²) in [7, 11) is 0. The molecule has 142 valence electrons. The number of piperidine rings is 1.